The third-order valence-corrected chi connectivity index (χ3v) is 1.96. The molecular weight excluding hydrogens is 196 g/mol. The molecule has 0 aliphatic heterocycles. The van der Waals surface area contributed by atoms with Gasteiger partial charge in [-0.15, -0.1) is 5.10 Å². The molecule has 0 fully saturated rings. The fraction of sp³-hybridized carbons (Fsp3) is 0.111. The molecule has 0 amide bonds. The fourth-order valence-corrected chi connectivity index (χ4v) is 1.27. The maximum Gasteiger partial charge on any atom is 0.379 e. The minimum absolute atomic E-state index is 0.0244. The Morgan fingerprint density at radius 2 is 2.40 bits per heavy atom. The van der Waals surface area contributed by atoms with Gasteiger partial charge in [-0.05, 0) is 0 Å². The molecule has 6 heteroatoms. The Labute approximate surface area is 85.4 Å². The van der Waals surface area contributed by atoms with Gasteiger partial charge < -0.3 is 0 Å². The number of hydrogen-bond acceptors (Lipinski definition) is 4. The minimum atomic E-state index is -0.450. The van der Waals surface area contributed by atoms with Crippen LogP contribution in [0.15, 0.2) is 35.8 Å². The van der Waals surface area contributed by atoms with Gasteiger partial charge in [0.15, 0.2) is 6.08 Å². The van der Waals surface area contributed by atoms with Gasteiger partial charge in [0.1, 0.15) is 11.0 Å². The van der Waals surface area contributed by atoms with Gasteiger partial charge in [0.25, 0.3) is 0 Å². The first-order valence-electron chi connectivity index (χ1n) is 4.22. The molecule has 1 aliphatic carbocycles. The van der Waals surface area contributed by atoms with Gasteiger partial charge in [0, 0.05) is 6.92 Å². The summed E-state index contributed by atoms with van der Waals surface area (Å²) in [4.78, 5) is 10.1. The molecule has 0 bridgehead atoms. The highest BCUT2D eigenvalue weighted by Crippen LogP contribution is 2.19. The van der Waals surface area contributed by atoms with Crippen LogP contribution in [-0.2, 0) is 0 Å². The SMILES string of the molecule is CC1=C(n2ccnn2)[C+]=CC([N+](=O)[O-])=C1. The lowest BCUT2D eigenvalue weighted by Gasteiger charge is -1.98. The molecule has 0 spiro atoms. The molecule has 0 radical (unpaired) electrons. The molecule has 6 nitrogen and oxygen atoms in total. The standard InChI is InChI=1S/C9H7N4O2/c1-7-6-8(13(14)15)2-3-9(7)12-5-4-10-11-12/h2,4-6H,1H3/q+1. The molecule has 74 valence electrons. The van der Waals surface area contributed by atoms with Crippen molar-refractivity contribution in [3.8, 4) is 0 Å². The van der Waals surface area contributed by atoms with Crippen LogP contribution >= 0.6 is 0 Å². The second kappa shape index (κ2) is 3.43. The molecule has 2 rings (SSSR count). The Morgan fingerprint density at radius 1 is 1.60 bits per heavy atom. The van der Waals surface area contributed by atoms with Gasteiger partial charge in [-0.1, -0.05) is 5.21 Å². The topological polar surface area (TPSA) is 73.8 Å². The summed E-state index contributed by atoms with van der Waals surface area (Å²) in [7, 11) is 0. The Hall–Kier alpha value is -2.33. The van der Waals surface area contributed by atoms with Crippen LogP contribution in [0.4, 0.5) is 0 Å². The van der Waals surface area contributed by atoms with Crippen molar-refractivity contribution in [3.05, 3.63) is 52.0 Å². The van der Waals surface area contributed by atoms with Crippen LogP contribution in [0.2, 0.25) is 0 Å². The van der Waals surface area contributed by atoms with Crippen LogP contribution in [0.3, 0.4) is 0 Å². The van der Waals surface area contributed by atoms with Crippen LogP contribution in [0.25, 0.3) is 5.70 Å². The quantitative estimate of drug-likeness (QED) is 0.409. The third-order valence-electron chi connectivity index (χ3n) is 1.96. The molecule has 0 saturated carbocycles. The fourth-order valence-electron chi connectivity index (χ4n) is 1.27. The summed E-state index contributed by atoms with van der Waals surface area (Å²) in [5.74, 6) is 0. The first-order chi connectivity index (χ1) is 7.18. The Morgan fingerprint density at radius 3 is 2.93 bits per heavy atom. The van der Waals surface area contributed by atoms with Gasteiger partial charge in [-0.3, -0.25) is 0 Å². The van der Waals surface area contributed by atoms with Crippen molar-refractivity contribution >= 4 is 5.70 Å². The predicted octanol–water partition coefficient (Wildman–Crippen LogP) is 1.04. The Bertz CT molecular complexity index is 482. The Kier molecular flexibility index (Phi) is 2.11. The van der Waals surface area contributed by atoms with E-state index < -0.39 is 4.92 Å². The van der Waals surface area contributed by atoms with E-state index in [0.29, 0.717) is 5.70 Å². The monoisotopic (exact) mass is 203 g/mol. The van der Waals surface area contributed by atoms with Crippen LogP contribution < -0.4 is 0 Å². The average molecular weight is 203 g/mol. The summed E-state index contributed by atoms with van der Waals surface area (Å²) in [5.41, 5.74) is 1.42. The molecule has 0 unspecified atom stereocenters. The highest BCUT2D eigenvalue weighted by Gasteiger charge is 2.24. The van der Waals surface area contributed by atoms with E-state index in [0.717, 1.165) is 5.57 Å². The van der Waals surface area contributed by atoms with Gasteiger partial charge >= 0.3 is 5.70 Å². The van der Waals surface area contributed by atoms with E-state index in [1.165, 1.54) is 23.0 Å². The number of rotatable bonds is 2. The maximum atomic E-state index is 10.5. The molecule has 0 saturated heterocycles. The lowest BCUT2D eigenvalue weighted by atomic mass is 10.1. The summed E-state index contributed by atoms with van der Waals surface area (Å²) >= 11 is 0. The molecule has 0 aromatic carbocycles. The Balaban J connectivity index is 2.43. The predicted molar refractivity (Wildman–Crippen MR) is 51.8 cm³/mol. The molecule has 1 heterocycles. The zero-order valence-electron chi connectivity index (χ0n) is 7.91. The zero-order valence-corrected chi connectivity index (χ0v) is 7.91. The summed E-state index contributed by atoms with van der Waals surface area (Å²) in [6.45, 7) is 1.76. The summed E-state index contributed by atoms with van der Waals surface area (Å²) in [6, 6.07) is 0. The molecule has 0 atom stereocenters. The second-order valence-corrected chi connectivity index (χ2v) is 2.99. The number of hydrogen-bond donors (Lipinski definition) is 0. The van der Waals surface area contributed by atoms with Gasteiger partial charge in [0.2, 0.25) is 5.70 Å². The zero-order chi connectivity index (χ0) is 10.8. The van der Waals surface area contributed by atoms with Crippen LogP contribution in [0.1, 0.15) is 6.92 Å². The first-order valence-corrected chi connectivity index (χ1v) is 4.22. The first kappa shape index (κ1) is 9.23. The number of aromatic nitrogens is 3. The molecule has 15 heavy (non-hydrogen) atoms. The van der Waals surface area contributed by atoms with Crippen molar-refractivity contribution in [2.45, 2.75) is 6.92 Å². The van der Waals surface area contributed by atoms with Crippen LogP contribution in [0, 0.1) is 16.2 Å². The minimum Gasteiger partial charge on any atom is -0.246 e. The summed E-state index contributed by atoms with van der Waals surface area (Å²) in [6.07, 6.45) is 8.80. The van der Waals surface area contributed by atoms with Crippen molar-refractivity contribution in [1.29, 1.82) is 0 Å². The average Bonchev–Trinajstić information content (AvgIpc) is 2.70. The van der Waals surface area contributed by atoms with Crippen molar-refractivity contribution in [1.82, 2.24) is 15.0 Å². The molecule has 0 N–H and O–H groups in total. The van der Waals surface area contributed by atoms with Gasteiger partial charge in [-0.2, -0.15) is 4.68 Å². The number of allylic oxidation sites excluding steroid dienone is 5. The number of nitro groups is 1. The molecule has 1 aromatic heterocycles. The van der Waals surface area contributed by atoms with E-state index in [-0.39, 0.29) is 5.70 Å². The van der Waals surface area contributed by atoms with Crippen molar-refractivity contribution in [2.75, 3.05) is 0 Å². The molecule has 1 aromatic rings. The molecular formula is C9H7N4O2+. The highest BCUT2D eigenvalue weighted by molar-refractivity contribution is 5.62. The summed E-state index contributed by atoms with van der Waals surface area (Å²) < 4.78 is 1.51. The van der Waals surface area contributed by atoms with Crippen molar-refractivity contribution in [2.24, 2.45) is 0 Å². The highest BCUT2D eigenvalue weighted by atomic mass is 16.6. The lowest BCUT2D eigenvalue weighted by molar-refractivity contribution is -0.419. The van der Waals surface area contributed by atoms with Crippen LogP contribution in [0.5, 0.6) is 0 Å². The van der Waals surface area contributed by atoms with Crippen molar-refractivity contribution in [3.63, 3.8) is 0 Å². The van der Waals surface area contributed by atoms with Crippen LogP contribution in [-0.4, -0.2) is 19.9 Å². The molecule has 1 aliphatic rings. The van der Waals surface area contributed by atoms with Gasteiger partial charge in [-0.25, -0.2) is 10.1 Å². The van der Waals surface area contributed by atoms with E-state index in [2.05, 4.69) is 16.4 Å². The maximum absolute atomic E-state index is 10.5. The van der Waals surface area contributed by atoms with E-state index >= 15 is 0 Å². The number of nitrogens with zero attached hydrogens (tertiary/aromatic N) is 4. The van der Waals surface area contributed by atoms with E-state index in [1.54, 1.807) is 13.1 Å². The van der Waals surface area contributed by atoms with Crippen molar-refractivity contribution < 1.29 is 4.92 Å². The third kappa shape index (κ3) is 1.66. The van der Waals surface area contributed by atoms with Gasteiger partial charge in [0.05, 0.1) is 24.0 Å². The van der Waals surface area contributed by atoms with E-state index in [1.807, 2.05) is 0 Å². The second-order valence-electron chi connectivity index (χ2n) is 2.99. The van der Waals surface area contributed by atoms with E-state index in [9.17, 15) is 10.1 Å². The lowest BCUT2D eigenvalue weighted by Crippen LogP contribution is -2.05. The normalized spacial score (nSPS) is 14.9. The largest absolute Gasteiger partial charge is 0.379 e. The smallest absolute Gasteiger partial charge is 0.246 e. The van der Waals surface area contributed by atoms with E-state index in [4.69, 9.17) is 0 Å². The summed E-state index contributed by atoms with van der Waals surface area (Å²) in [5, 5.41) is 17.9.